The number of benzene rings is 2. The van der Waals surface area contributed by atoms with Gasteiger partial charge >= 0.3 is 23.9 Å². The molecule has 0 amide bonds. The van der Waals surface area contributed by atoms with Gasteiger partial charge in [-0.1, -0.05) is 42.5 Å². The Morgan fingerprint density at radius 1 is 0.341 bits per heavy atom. The molecule has 20 nitrogen and oxygen atoms in total. The molecular formula is C62H43N9O11. The summed E-state index contributed by atoms with van der Waals surface area (Å²) in [6.07, 6.45) is 9.70. The quantitative estimate of drug-likeness (QED) is 0.0435. The first-order valence-corrected chi connectivity index (χ1v) is 24.6. The summed E-state index contributed by atoms with van der Waals surface area (Å²) in [6.45, 7) is 0.0530. The van der Waals surface area contributed by atoms with Crippen molar-refractivity contribution >= 4 is 23.9 Å². The topological polar surface area (TPSA) is 315 Å². The number of aromatic hydroxyl groups is 1. The molecule has 0 aliphatic carbocycles. The van der Waals surface area contributed by atoms with Crippen molar-refractivity contribution in [3.05, 3.63) is 241 Å². The lowest BCUT2D eigenvalue weighted by atomic mass is 9.96. The van der Waals surface area contributed by atoms with Crippen LogP contribution in [-0.4, -0.2) is 99.5 Å². The predicted octanol–water partition coefficient (Wildman–Crippen LogP) is 11.4. The Morgan fingerprint density at radius 3 is 1.24 bits per heavy atom. The molecule has 20 heteroatoms. The number of hydrogen-bond donors (Lipinski definition) is 6. The van der Waals surface area contributed by atoms with E-state index in [9.17, 15) is 39.6 Å². The third-order valence-electron chi connectivity index (χ3n) is 12.1. The van der Waals surface area contributed by atoms with E-state index in [-0.39, 0.29) is 34.6 Å². The van der Waals surface area contributed by atoms with Gasteiger partial charge in [-0.2, -0.15) is 0 Å². The molecule has 11 rings (SSSR count). The Bertz CT molecular complexity index is 3990. The number of pyridine rings is 9. The summed E-state index contributed by atoms with van der Waals surface area (Å²) in [4.78, 5) is 89.4. The second kappa shape index (κ2) is 25.7. The highest BCUT2D eigenvalue weighted by Gasteiger charge is 2.19. The second-order valence-corrected chi connectivity index (χ2v) is 17.5. The second-order valence-electron chi connectivity index (χ2n) is 17.5. The number of carboxylic acids is 4. The number of carbonyl (C=O) groups is 4. The summed E-state index contributed by atoms with van der Waals surface area (Å²) in [5.41, 5.74) is 10.1. The SMILES string of the molecule is O=C(O)c1cc(-c2cc(-c3ccccn3)nc(-c3ccccn3)c2)ccc1O.O=C(O)c1ccc(-c2cc(-c3ccccn3)nc(-c3ccccn3)c2)c(C(=O)O)c1.O=C(O)c1ccnc(-c2cccc(-c3cc(COO)ccn3)n2)c1. The Kier molecular flexibility index (Phi) is 17.3. The molecule has 0 unspecified atom stereocenters. The minimum Gasteiger partial charge on any atom is -0.507 e. The lowest BCUT2D eigenvalue weighted by Gasteiger charge is -2.12. The molecule has 0 fully saturated rings. The molecule has 0 saturated carbocycles. The van der Waals surface area contributed by atoms with Crippen LogP contribution < -0.4 is 0 Å². The first-order valence-electron chi connectivity index (χ1n) is 24.6. The van der Waals surface area contributed by atoms with E-state index in [4.69, 9.17) is 10.4 Å². The van der Waals surface area contributed by atoms with Crippen molar-refractivity contribution in [2.45, 2.75) is 6.61 Å². The zero-order valence-corrected chi connectivity index (χ0v) is 42.7. The van der Waals surface area contributed by atoms with E-state index in [2.05, 4.69) is 49.7 Å². The Labute approximate surface area is 465 Å². The van der Waals surface area contributed by atoms with E-state index in [1.54, 1.807) is 104 Å². The number of aromatic nitrogens is 9. The molecular weight excluding hydrogens is 1050 g/mol. The first kappa shape index (κ1) is 55.2. The van der Waals surface area contributed by atoms with Gasteiger partial charge in [-0.3, -0.25) is 35.2 Å². The number of carboxylic acid groups (broad SMARTS) is 4. The minimum absolute atomic E-state index is 0.0530. The van der Waals surface area contributed by atoms with Crippen molar-refractivity contribution < 1.29 is 54.9 Å². The zero-order chi connectivity index (χ0) is 57.5. The molecule has 0 radical (unpaired) electrons. The third kappa shape index (κ3) is 13.6. The highest BCUT2D eigenvalue weighted by atomic mass is 17.1. The average molecular weight is 1090 g/mol. The number of phenols is 1. The summed E-state index contributed by atoms with van der Waals surface area (Å²) >= 11 is 0. The molecule has 0 saturated heterocycles. The van der Waals surface area contributed by atoms with Crippen LogP contribution in [0.15, 0.2) is 213 Å². The lowest BCUT2D eigenvalue weighted by molar-refractivity contribution is -0.253. The van der Waals surface area contributed by atoms with Crippen LogP contribution in [0, 0.1) is 0 Å². The van der Waals surface area contributed by atoms with Crippen molar-refractivity contribution in [3.8, 4) is 96.3 Å². The fourth-order valence-corrected chi connectivity index (χ4v) is 8.16. The van der Waals surface area contributed by atoms with Gasteiger partial charge in [-0.25, -0.2) is 39.0 Å². The smallest absolute Gasteiger partial charge is 0.339 e. The van der Waals surface area contributed by atoms with Crippen molar-refractivity contribution in [2.75, 3.05) is 0 Å². The summed E-state index contributed by atoms with van der Waals surface area (Å²) in [5, 5.41) is 55.6. The van der Waals surface area contributed by atoms with Crippen LogP contribution in [0.4, 0.5) is 0 Å². The van der Waals surface area contributed by atoms with Gasteiger partial charge in [0.05, 0.1) is 85.0 Å². The highest BCUT2D eigenvalue weighted by molar-refractivity contribution is 6.00. The molecule has 2 aromatic carbocycles. The summed E-state index contributed by atoms with van der Waals surface area (Å²) in [5.74, 6) is -4.90. The van der Waals surface area contributed by atoms with Crippen LogP contribution in [0.1, 0.15) is 47.0 Å². The highest BCUT2D eigenvalue weighted by Crippen LogP contribution is 2.34. The molecule has 0 aliphatic rings. The molecule has 82 heavy (non-hydrogen) atoms. The van der Waals surface area contributed by atoms with E-state index in [0.29, 0.717) is 85.0 Å². The van der Waals surface area contributed by atoms with Crippen LogP contribution in [0.2, 0.25) is 0 Å². The van der Waals surface area contributed by atoms with E-state index in [0.717, 1.165) is 17.2 Å². The lowest BCUT2D eigenvalue weighted by Crippen LogP contribution is -2.05. The largest absolute Gasteiger partial charge is 0.507 e. The maximum absolute atomic E-state index is 11.8. The first-order chi connectivity index (χ1) is 39.8. The van der Waals surface area contributed by atoms with Gasteiger partial charge in [-0.05, 0) is 161 Å². The van der Waals surface area contributed by atoms with Gasteiger partial charge < -0.3 is 25.5 Å². The summed E-state index contributed by atoms with van der Waals surface area (Å²) in [6, 6.07) is 49.3. The van der Waals surface area contributed by atoms with Crippen molar-refractivity contribution in [3.63, 3.8) is 0 Å². The average Bonchev–Trinajstić information content (AvgIpc) is 3.72. The number of hydrogen-bond acceptors (Lipinski definition) is 16. The van der Waals surface area contributed by atoms with E-state index < -0.39 is 23.9 Å². The molecule has 0 spiro atoms. The van der Waals surface area contributed by atoms with E-state index in [1.807, 2.05) is 60.7 Å². The van der Waals surface area contributed by atoms with Gasteiger partial charge in [0.15, 0.2) is 0 Å². The van der Waals surface area contributed by atoms with Gasteiger partial charge in [0.2, 0.25) is 0 Å². The summed E-state index contributed by atoms with van der Waals surface area (Å²) in [7, 11) is 0. The zero-order valence-electron chi connectivity index (χ0n) is 42.7. The predicted molar refractivity (Wildman–Crippen MR) is 300 cm³/mol. The van der Waals surface area contributed by atoms with Crippen molar-refractivity contribution in [1.29, 1.82) is 0 Å². The van der Waals surface area contributed by atoms with E-state index in [1.165, 1.54) is 42.6 Å². The van der Waals surface area contributed by atoms with Gasteiger partial charge in [0.25, 0.3) is 0 Å². The molecule has 11 aromatic rings. The van der Waals surface area contributed by atoms with Crippen molar-refractivity contribution in [1.82, 2.24) is 44.9 Å². The van der Waals surface area contributed by atoms with Crippen LogP contribution in [0.3, 0.4) is 0 Å². The third-order valence-corrected chi connectivity index (χ3v) is 12.1. The number of nitrogens with zero attached hydrogens (tertiary/aromatic N) is 9. The molecule has 0 aliphatic heterocycles. The van der Waals surface area contributed by atoms with Crippen LogP contribution in [0.25, 0.3) is 90.6 Å². The molecule has 402 valence electrons. The number of rotatable bonds is 14. The fourth-order valence-electron chi connectivity index (χ4n) is 8.16. The summed E-state index contributed by atoms with van der Waals surface area (Å²) < 4.78 is 0. The fraction of sp³-hybridized carbons (Fsp3) is 0.0161. The Balaban J connectivity index is 0.000000149. The van der Waals surface area contributed by atoms with Crippen LogP contribution in [0.5, 0.6) is 5.75 Å². The van der Waals surface area contributed by atoms with Gasteiger partial charge in [0, 0.05) is 37.2 Å². The molecule has 6 N–H and O–H groups in total. The van der Waals surface area contributed by atoms with Gasteiger partial charge in [0.1, 0.15) is 17.9 Å². The molecule has 9 aromatic heterocycles. The normalized spacial score (nSPS) is 10.5. The Hall–Kier alpha value is -11.6. The molecule has 9 heterocycles. The van der Waals surface area contributed by atoms with Gasteiger partial charge in [-0.15, -0.1) is 0 Å². The van der Waals surface area contributed by atoms with Crippen LogP contribution >= 0.6 is 0 Å². The van der Waals surface area contributed by atoms with E-state index >= 15 is 0 Å². The minimum atomic E-state index is -1.22. The van der Waals surface area contributed by atoms with Crippen molar-refractivity contribution in [2.24, 2.45) is 0 Å². The maximum Gasteiger partial charge on any atom is 0.339 e. The standard InChI is InChI=1S/C23H15N3O4.C22H15N3O3.C17H13N3O4/c27-22(28)14-7-8-16(17(11-14)23(29)30)15-12-20(18-5-1-3-9-24-18)26-21(13-15)19-6-2-4-10-25-19;26-21-8-7-14(11-16(21)22(27)28)15-12-19(17-5-1-3-9-23-17)25-20(13-15)18-6-2-4-10-24-18;21-17(22)12-5-7-19-16(9-12)14-3-1-2-13(20-14)15-8-11(10-24-23)4-6-18-15/h1-13H,(H,27,28)(H,29,30);1-13,26H,(H,27,28);1-9,23H,10H2,(H,21,22). The maximum atomic E-state index is 11.8. The monoisotopic (exact) mass is 1090 g/mol. The number of aromatic carboxylic acids is 4. The molecule has 0 bridgehead atoms. The van der Waals surface area contributed by atoms with Crippen LogP contribution in [-0.2, 0) is 11.5 Å². The Morgan fingerprint density at radius 2 is 0.780 bits per heavy atom. The molecule has 0 atom stereocenters.